The summed E-state index contributed by atoms with van der Waals surface area (Å²) in [6, 6.07) is 2.33. The maximum absolute atomic E-state index is 12.3. The molecule has 1 amide bonds. The SMILES string of the molecule is CCN1CCC(n2nccc2NC(=O)CCC2CCNCC2)CC1. The van der Waals surface area contributed by atoms with Crippen LogP contribution < -0.4 is 10.6 Å². The number of amides is 1. The molecule has 2 fully saturated rings. The van der Waals surface area contributed by atoms with Gasteiger partial charge in [0.1, 0.15) is 5.82 Å². The second-order valence-electron chi connectivity index (χ2n) is 7.11. The van der Waals surface area contributed by atoms with Crippen LogP contribution >= 0.6 is 0 Å². The van der Waals surface area contributed by atoms with Crippen LogP contribution in [0.5, 0.6) is 0 Å². The van der Waals surface area contributed by atoms with Gasteiger partial charge in [-0.05, 0) is 57.7 Å². The Morgan fingerprint density at radius 2 is 2.04 bits per heavy atom. The highest BCUT2D eigenvalue weighted by atomic mass is 16.1. The molecule has 0 bridgehead atoms. The van der Waals surface area contributed by atoms with Crippen molar-refractivity contribution in [2.45, 2.75) is 51.5 Å². The molecule has 0 spiro atoms. The highest BCUT2D eigenvalue weighted by Crippen LogP contribution is 2.25. The van der Waals surface area contributed by atoms with Gasteiger partial charge in [-0.3, -0.25) is 4.79 Å². The van der Waals surface area contributed by atoms with Gasteiger partial charge in [0, 0.05) is 25.6 Å². The fourth-order valence-corrected chi connectivity index (χ4v) is 3.90. The van der Waals surface area contributed by atoms with E-state index >= 15 is 0 Å². The minimum Gasteiger partial charge on any atom is -0.317 e. The second kappa shape index (κ2) is 8.62. The minimum atomic E-state index is 0.126. The summed E-state index contributed by atoms with van der Waals surface area (Å²) in [5, 5.41) is 10.9. The number of hydrogen-bond acceptors (Lipinski definition) is 4. The molecule has 24 heavy (non-hydrogen) atoms. The van der Waals surface area contributed by atoms with Gasteiger partial charge < -0.3 is 15.5 Å². The number of carbonyl (C=O) groups is 1. The summed E-state index contributed by atoms with van der Waals surface area (Å²) in [6.07, 6.45) is 8.01. The van der Waals surface area contributed by atoms with Gasteiger partial charge in [0.25, 0.3) is 0 Å². The van der Waals surface area contributed by atoms with E-state index in [2.05, 4.69) is 27.6 Å². The van der Waals surface area contributed by atoms with Crippen LogP contribution in [-0.4, -0.2) is 53.3 Å². The Morgan fingerprint density at radius 3 is 2.75 bits per heavy atom. The van der Waals surface area contributed by atoms with Crippen LogP contribution in [0.2, 0.25) is 0 Å². The summed E-state index contributed by atoms with van der Waals surface area (Å²) >= 11 is 0. The van der Waals surface area contributed by atoms with Crippen molar-refractivity contribution in [3.05, 3.63) is 12.3 Å². The van der Waals surface area contributed by atoms with Crippen LogP contribution in [-0.2, 0) is 4.79 Å². The first-order valence-electron chi connectivity index (χ1n) is 9.52. The average molecular weight is 333 g/mol. The van der Waals surface area contributed by atoms with Crippen LogP contribution in [0.3, 0.4) is 0 Å². The Labute approximate surface area is 145 Å². The molecule has 3 heterocycles. The number of hydrogen-bond donors (Lipinski definition) is 2. The molecule has 0 aromatic carbocycles. The third-order valence-corrected chi connectivity index (χ3v) is 5.53. The third-order valence-electron chi connectivity index (χ3n) is 5.53. The molecule has 2 aliphatic rings. The third kappa shape index (κ3) is 4.57. The molecule has 0 saturated carbocycles. The molecule has 0 aliphatic carbocycles. The Morgan fingerprint density at radius 1 is 1.29 bits per heavy atom. The van der Waals surface area contributed by atoms with Crippen LogP contribution in [0.4, 0.5) is 5.82 Å². The van der Waals surface area contributed by atoms with Crippen molar-refractivity contribution < 1.29 is 4.79 Å². The second-order valence-corrected chi connectivity index (χ2v) is 7.11. The standard InChI is InChI=1S/C18H31N5O/c1-2-22-13-8-16(9-14-22)23-17(7-12-20-23)21-18(24)4-3-15-5-10-19-11-6-15/h7,12,15-16,19H,2-6,8-11,13-14H2,1H3,(H,21,24). The van der Waals surface area contributed by atoms with E-state index in [9.17, 15) is 4.79 Å². The fraction of sp³-hybridized carbons (Fsp3) is 0.778. The lowest BCUT2D eigenvalue weighted by atomic mass is 9.93. The number of carbonyl (C=O) groups excluding carboxylic acids is 1. The lowest BCUT2D eigenvalue weighted by molar-refractivity contribution is -0.116. The largest absolute Gasteiger partial charge is 0.317 e. The summed E-state index contributed by atoms with van der Waals surface area (Å²) in [7, 11) is 0. The zero-order valence-electron chi connectivity index (χ0n) is 14.8. The number of rotatable bonds is 6. The van der Waals surface area contributed by atoms with E-state index in [0.717, 1.165) is 57.8 Å². The van der Waals surface area contributed by atoms with Gasteiger partial charge in [-0.2, -0.15) is 5.10 Å². The molecule has 2 N–H and O–H groups in total. The van der Waals surface area contributed by atoms with E-state index in [1.54, 1.807) is 6.20 Å². The van der Waals surface area contributed by atoms with Crippen molar-refractivity contribution in [2.75, 3.05) is 38.0 Å². The normalized spacial score (nSPS) is 21.0. The van der Waals surface area contributed by atoms with Crippen LogP contribution in [0.15, 0.2) is 12.3 Å². The van der Waals surface area contributed by atoms with E-state index < -0.39 is 0 Å². The van der Waals surface area contributed by atoms with E-state index in [1.165, 1.54) is 12.8 Å². The topological polar surface area (TPSA) is 62.2 Å². The number of nitrogens with one attached hydrogen (secondary N) is 2. The summed E-state index contributed by atoms with van der Waals surface area (Å²) in [6.45, 7) is 7.74. The Balaban J connectivity index is 1.48. The molecule has 6 heteroatoms. The predicted molar refractivity (Wildman–Crippen MR) is 96.1 cm³/mol. The molecule has 0 unspecified atom stereocenters. The number of piperidine rings is 2. The molecule has 2 aliphatic heterocycles. The summed E-state index contributed by atoms with van der Waals surface area (Å²) in [4.78, 5) is 14.8. The van der Waals surface area contributed by atoms with Crippen molar-refractivity contribution in [3.8, 4) is 0 Å². The molecular weight excluding hydrogens is 302 g/mol. The van der Waals surface area contributed by atoms with Crippen molar-refractivity contribution in [1.82, 2.24) is 20.0 Å². The number of anilines is 1. The molecule has 1 aromatic rings. The van der Waals surface area contributed by atoms with Crippen molar-refractivity contribution in [3.63, 3.8) is 0 Å². The zero-order chi connectivity index (χ0) is 16.8. The van der Waals surface area contributed by atoms with Crippen molar-refractivity contribution in [2.24, 2.45) is 5.92 Å². The van der Waals surface area contributed by atoms with E-state index in [0.29, 0.717) is 18.4 Å². The Bertz CT molecular complexity index is 515. The van der Waals surface area contributed by atoms with E-state index in [1.807, 2.05) is 10.7 Å². The molecule has 0 radical (unpaired) electrons. The lowest BCUT2D eigenvalue weighted by Crippen LogP contribution is -2.35. The molecular formula is C18H31N5O. The average Bonchev–Trinajstić information content (AvgIpc) is 3.09. The lowest BCUT2D eigenvalue weighted by Gasteiger charge is -2.31. The number of aromatic nitrogens is 2. The van der Waals surface area contributed by atoms with Gasteiger partial charge in [-0.1, -0.05) is 6.92 Å². The van der Waals surface area contributed by atoms with Crippen LogP contribution in [0.25, 0.3) is 0 Å². The molecule has 2 saturated heterocycles. The molecule has 3 rings (SSSR count). The quantitative estimate of drug-likeness (QED) is 0.838. The summed E-state index contributed by atoms with van der Waals surface area (Å²) in [5.41, 5.74) is 0. The van der Waals surface area contributed by atoms with Crippen molar-refractivity contribution in [1.29, 1.82) is 0 Å². The Kier molecular flexibility index (Phi) is 6.26. The van der Waals surface area contributed by atoms with Gasteiger partial charge in [0.2, 0.25) is 5.91 Å². The summed E-state index contributed by atoms with van der Waals surface area (Å²) in [5.74, 6) is 1.68. The fourth-order valence-electron chi connectivity index (χ4n) is 3.90. The first-order valence-corrected chi connectivity index (χ1v) is 9.52. The first kappa shape index (κ1) is 17.4. The molecule has 6 nitrogen and oxygen atoms in total. The smallest absolute Gasteiger partial charge is 0.225 e. The molecule has 134 valence electrons. The van der Waals surface area contributed by atoms with Crippen LogP contribution in [0, 0.1) is 5.92 Å². The Hall–Kier alpha value is -1.40. The van der Waals surface area contributed by atoms with Gasteiger partial charge >= 0.3 is 0 Å². The monoisotopic (exact) mass is 333 g/mol. The minimum absolute atomic E-state index is 0.126. The highest BCUT2D eigenvalue weighted by Gasteiger charge is 2.22. The number of likely N-dealkylation sites (tertiary alicyclic amines) is 1. The summed E-state index contributed by atoms with van der Waals surface area (Å²) < 4.78 is 2.02. The van der Waals surface area contributed by atoms with Gasteiger partial charge in [0.15, 0.2) is 0 Å². The predicted octanol–water partition coefficient (Wildman–Crippen LogP) is 2.26. The molecule has 1 aromatic heterocycles. The van der Waals surface area contributed by atoms with Gasteiger partial charge in [-0.15, -0.1) is 0 Å². The number of nitrogens with zero attached hydrogens (tertiary/aromatic N) is 3. The van der Waals surface area contributed by atoms with Crippen molar-refractivity contribution >= 4 is 11.7 Å². The highest BCUT2D eigenvalue weighted by molar-refractivity contribution is 5.89. The van der Waals surface area contributed by atoms with E-state index in [4.69, 9.17) is 0 Å². The van der Waals surface area contributed by atoms with Crippen LogP contribution in [0.1, 0.15) is 51.5 Å². The molecule has 0 atom stereocenters. The zero-order valence-corrected chi connectivity index (χ0v) is 14.8. The van der Waals surface area contributed by atoms with E-state index in [-0.39, 0.29) is 5.91 Å². The van der Waals surface area contributed by atoms with Gasteiger partial charge in [0.05, 0.1) is 12.2 Å². The maximum atomic E-state index is 12.3. The maximum Gasteiger partial charge on any atom is 0.225 e. The first-order chi connectivity index (χ1) is 11.8. The van der Waals surface area contributed by atoms with Gasteiger partial charge in [-0.25, -0.2) is 4.68 Å².